The summed E-state index contributed by atoms with van der Waals surface area (Å²) in [7, 11) is 0. The first kappa shape index (κ1) is 28.1. The molecule has 4 aromatic rings. The maximum Gasteiger partial charge on any atom is 0.227 e. The second-order valence-electron chi connectivity index (χ2n) is 10.1. The highest BCUT2D eigenvalue weighted by molar-refractivity contribution is 6.40. The highest BCUT2D eigenvalue weighted by atomic mass is 19.1. The lowest BCUT2D eigenvalue weighted by Crippen LogP contribution is -2.46. The van der Waals surface area contributed by atoms with Crippen LogP contribution in [0.4, 0.5) is 20.4 Å². The number of nitrogens with one attached hydrogen (secondary N) is 3. The molecule has 0 bridgehead atoms. The molecule has 0 saturated carbocycles. The number of rotatable bonds is 9. The number of nitrogens with zero attached hydrogens (tertiary/aromatic N) is 3. The molecular formula is C29H28F2N6O4. The Bertz CT molecular complexity index is 1550. The third-order valence-corrected chi connectivity index (χ3v) is 6.50. The van der Waals surface area contributed by atoms with Crippen LogP contribution in [-0.2, 0) is 14.3 Å². The van der Waals surface area contributed by atoms with Gasteiger partial charge in [-0.3, -0.25) is 4.79 Å². The van der Waals surface area contributed by atoms with Crippen molar-refractivity contribution in [2.45, 2.75) is 32.7 Å². The highest BCUT2D eigenvalue weighted by Gasteiger charge is 2.42. The number of ketones is 1. The highest BCUT2D eigenvalue weighted by Crippen LogP contribution is 2.36. The zero-order chi connectivity index (χ0) is 29.1. The number of ether oxygens (including phenoxy) is 2. The van der Waals surface area contributed by atoms with Crippen molar-refractivity contribution in [2.24, 2.45) is 5.41 Å². The van der Waals surface area contributed by atoms with E-state index in [1.54, 1.807) is 43.5 Å². The number of carbonyl (C=O) groups excluding carboxylic acids is 1. The van der Waals surface area contributed by atoms with Gasteiger partial charge < -0.3 is 30.3 Å². The van der Waals surface area contributed by atoms with E-state index >= 15 is 0 Å². The molecule has 2 aromatic heterocycles. The predicted octanol–water partition coefficient (Wildman–Crippen LogP) is 4.97. The van der Waals surface area contributed by atoms with E-state index in [0.29, 0.717) is 34.2 Å². The van der Waals surface area contributed by atoms with Crippen molar-refractivity contribution in [3.05, 3.63) is 78.3 Å². The number of Topliss-reactive ketones (excluding diaryl/α,β-unsaturated/α-hetero) is 1. The molecule has 5 rings (SSSR count). The minimum Gasteiger partial charge on any atom is -0.393 e. The number of aromatic amines is 1. The number of imidazole rings is 1. The second-order valence-corrected chi connectivity index (χ2v) is 10.1. The standard InChI is InChI=1S/C29H28F2N6O4/c1-16(38)13-21(32)25(39)29(2)14-40-27(41-15-29)26-36-23(17-3-5-18(30)6-4-17)24(37-26)22-11-12-33-28(35-22)34-20-9-7-19(31)8-10-20/h3-12,16,27,32,38H,13-15H2,1-2H3,(H,36,37)(H,33,34,35). The lowest BCUT2D eigenvalue weighted by atomic mass is 9.83. The molecule has 4 N–H and O–H groups in total. The smallest absolute Gasteiger partial charge is 0.227 e. The Morgan fingerprint density at radius 1 is 1.10 bits per heavy atom. The van der Waals surface area contributed by atoms with Gasteiger partial charge in [0.25, 0.3) is 0 Å². The molecule has 1 aliphatic rings. The summed E-state index contributed by atoms with van der Waals surface area (Å²) in [6.45, 7) is 3.11. The summed E-state index contributed by atoms with van der Waals surface area (Å²) in [5, 5.41) is 20.6. The molecule has 0 aliphatic carbocycles. The molecule has 0 amide bonds. The molecule has 1 fully saturated rings. The first-order valence-corrected chi connectivity index (χ1v) is 12.9. The zero-order valence-electron chi connectivity index (χ0n) is 22.3. The molecule has 41 heavy (non-hydrogen) atoms. The van der Waals surface area contributed by atoms with Crippen LogP contribution in [0.15, 0.2) is 60.8 Å². The van der Waals surface area contributed by atoms with Crippen molar-refractivity contribution in [1.29, 1.82) is 5.41 Å². The number of aliphatic hydroxyl groups excluding tert-OH is 1. The van der Waals surface area contributed by atoms with Crippen LogP contribution < -0.4 is 5.32 Å². The summed E-state index contributed by atoms with van der Waals surface area (Å²) in [6.07, 6.45) is -0.269. The van der Waals surface area contributed by atoms with E-state index < -0.39 is 29.4 Å². The first-order chi connectivity index (χ1) is 19.6. The van der Waals surface area contributed by atoms with Gasteiger partial charge in [0, 0.05) is 23.9 Å². The minimum absolute atomic E-state index is 0.0279. The van der Waals surface area contributed by atoms with E-state index in [9.17, 15) is 18.7 Å². The maximum atomic E-state index is 13.7. The lowest BCUT2D eigenvalue weighted by Gasteiger charge is -2.35. The molecule has 1 saturated heterocycles. The van der Waals surface area contributed by atoms with Gasteiger partial charge in [0.1, 0.15) is 11.6 Å². The number of halogens is 2. The molecule has 1 aliphatic heterocycles. The Labute approximate surface area is 234 Å². The molecular weight excluding hydrogens is 534 g/mol. The van der Waals surface area contributed by atoms with E-state index in [1.807, 2.05) is 0 Å². The molecule has 0 radical (unpaired) electrons. The third kappa shape index (κ3) is 6.35. The Balaban J connectivity index is 1.43. The molecule has 3 heterocycles. The van der Waals surface area contributed by atoms with Gasteiger partial charge in [-0.15, -0.1) is 0 Å². The first-order valence-electron chi connectivity index (χ1n) is 12.9. The number of carbonyl (C=O) groups is 1. The summed E-state index contributed by atoms with van der Waals surface area (Å²) >= 11 is 0. The maximum absolute atomic E-state index is 13.7. The molecule has 1 atom stereocenters. The lowest BCUT2D eigenvalue weighted by molar-refractivity contribution is -0.228. The van der Waals surface area contributed by atoms with Gasteiger partial charge in [0.15, 0.2) is 11.6 Å². The third-order valence-electron chi connectivity index (χ3n) is 6.50. The number of benzene rings is 2. The van der Waals surface area contributed by atoms with Crippen LogP contribution in [0.3, 0.4) is 0 Å². The monoisotopic (exact) mass is 562 g/mol. The van der Waals surface area contributed by atoms with Gasteiger partial charge in [0.05, 0.1) is 47.5 Å². The fraction of sp³-hybridized carbons (Fsp3) is 0.276. The second kappa shape index (κ2) is 11.6. The number of aromatic nitrogens is 4. The van der Waals surface area contributed by atoms with Crippen molar-refractivity contribution in [3.8, 4) is 22.6 Å². The van der Waals surface area contributed by atoms with E-state index in [-0.39, 0.29) is 37.1 Å². The largest absolute Gasteiger partial charge is 0.393 e. The number of anilines is 2. The Kier molecular flexibility index (Phi) is 7.97. The summed E-state index contributed by atoms with van der Waals surface area (Å²) in [5.74, 6) is -0.656. The molecule has 1 unspecified atom stereocenters. The average molecular weight is 563 g/mol. The van der Waals surface area contributed by atoms with Crippen molar-refractivity contribution in [1.82, 2.24) is 19.9 Å². The van der Waals surface area contributed by atoms with E-state index in [1.165, 1.54) is 31.2 Å². The number of hydrogen-bond donors (Lipinski definition) is 4. The van der Waals surface area contributed by atoms with E-state index in [0.717, 1.165) is 0 Å². The summed E-state index contributed by atoms with van der Waals surface area (Å²) in [6, 6.07) is 13.2. The van der Waals surface area contributed by atoms with Crippen LogP contribution in [-0.4, -0.2) is 55.9 Å². The van der Waals surface area contributed by atoms with Gasteiger partial charge >= 0.3 is 0 Å². The van der Waals surface area contributed by atoms with Crippen LogP contribution in [0.1, 0.15) is 32.4 Å². The van der Waals surface area contributed by atoms with Gasteiger partial charge in [-0.05, 0) is 68.4 Å². The van der Waals surface area contributed by atoms with Crippen LogP contribution >= 0.6 is 0 Å². The van der Waals surface area contributed by atoms with Gasteiger partial charge in [0.2, 0.25) is 12.2 Å². The quantitative estimate of drug-likeness (QED) is 0.209. The van der Waals surface area contributed by atoms with E-state index in [2.05, 4.69) is 25.3 Å². The van der Waals surface area contributed by atoms with Crippen molar-refractivity contribution < 1.29 is 28.2 Å². The van der Waals surface area contributed by atoms with Crippen LogP contribution in [0.5, 0.6) is 0 Å². The van der Waals surface area contributed by atoms with Gasteiger partial charge in [-0.1, -0.05) is 0 Å². The Hall–Kier alpha value is -4.39. The number of aliphatic hydroxyl groups is 1. The molecule has 212 valence electrons. The summed E-state index contributed by atoms with van der Waals surface area (Å²) in [4.78, 5) is 29.6. The Morgan fingerprint density at radius 2 is 1.73 bits per heavy atom. The topological polar surface area (TPSA) is 146 Å². The SMILES string of the molecule is CC(O)CC(=N)C(=O)C1(C)COC(c2nc(-c3ccc(F)cc3)c(-c3ccnc(Nc4ccc(F)cc4)n3)[nH]2)OC1. The van der Waals surface area contributed by atoms with Gasteiger partial charge in [-0.2, -0.15) is 0 Å². The normalized spacial score (nSPS) is 19.5. The molecule has 12 heteroatoms. The molecule has 10 nitrogen and oxygen atoms in total. The van der Waals surface area contributed by atoms with Crippen LogP contribution in [0.2, 0.25) is 0 Å². The molecule has 2 aromatic carbocycles. The summed E-state index contributed by atoms with van der Waals surface area (Å²) < 4.78 is 38.8. The fourth-order valence-corrected chi connectivity index (χ4v) is 4.38. The number of H-pyrrole nitrogens is 1. The number of hydrogen-bond acceptors (Lipinski definition) is 9. The van der Waals surface area contributed by atoms with Crippen molar-refractivity contribution in [3.63, 3.8) is 0 Å². The fourth-order valence-electron chi connectivity index (χ4n) is 4.38. The minimum atomic E-state index is -1.09. The Morgan fingerprint density at radius 3 is 2.37 bits per heavy atom. The molecule has 0 spiro atoms. The van der Waals surface area contributed by atoms with Gasteiger partial charge in [-0.25, -0.2) is 23.7 Å². The van der Waals surface area contributed by atoms with Crippen LogP contribution in [0.25, 0.3) is 22.6 Å². The van der Waals surface area contributed by atoms with Crippen molar-refractivity contribution in [2.75, 3.05) is 18.5 Å². The zero-order valence-corrected chi connectivity index (χ0v) is 22.3. The van der Waals surface area contributed by atoms with Crippen LogP contribution in [0, 0.1) is 22.5 Å². The average Bonchev–Trinajstić information content (AvgIpc) is 3.40. The predicted molar refractivity (Wildman–Crippen MR) is 146 cm³/mol. The summed E-state index contributed by atoms with van der Waals surface area (Å²) in [5.41, 5.74) is 1.33. The van der Waals surface area contributed by atoms with Crippen molar-refractivity contribution >= 4 is 23.1 Å². The van der Waals surface area contributed by atoms with E-state index in [4.69, 9.17) is 14.9 Å².